The molecule has 11 unspecified atom stereocenters. The number of ether oxygens (including phenoxy) is 2. The molecule has 0 aromatic rings. The van der Waals surface area contributed by atoms with E-state index in [-0.39, 0.29) is 48.8 Å². The summed E-state index contributed by atoms with van der Waals surface area (Å²) in [5, 5.41) is 17.8. The standard InChI is InChI=1S/C40H62N6O6/c1-4-44-32-22-26-11-6-5-10-25(26)21-30(32)33(14-9-19-47)51-37(50)40-36(49)29-13-8-7-12-28(29)35(48)39(40,52-40)17-15-24(2)20-31(46-38(42)43-3)27-16-18-45-34(41)23-27/h6,11,15,22,25,27-34,44-45,47H,4-5,7-10,12-14,16-21,23,41H2,1-3H3,(H3,42,43,46)/p+3. The molecule has 12 nitrogen and oxygen atoms in total. The zero-order valence-electron chi connectivity index (χ0n) is 31.6. The first-order valence-electron chi connectivity index (χ1n) is 20.2. The highest BCUT2D eigenvalue weighted by molar-refractivity contribution is 6.23. The Morgan fingerprint density at radius 3 is 2.69 bits per heavy atom. The van der Waals surface area contributed by atoms with Gasteiger partial charge in [0, 0.05) is 50.0 Å². The largest absolute Gasteiger partial charge is 0.459 e. The molecule has 0 spiro atoms. The summed E-state index contributed by atoms with van der Waals surface area (Å²) >= 11 is 0. The summed E-state index contributed by atoms with van der Waals surface area (Å²) in [4.78, 5) is 46.7. The number of aliphatic hydroxyl groups excluding tert-OH is 1. The number of aliphatic hydroxyl groups is 1. The minimum Gasteiger partial charge on any atom is -0.459 e. The maximum absolute atomic E-state index is 14.7. The lowest BCUT2D eigenvalue weighted by Crippen LogP contribution is -2.95. The summed E-state index contributed by atoms with van der Waals surface area (Å²) in [6.45, 7) is 5.94. The molecule has 11 atom stereocenters. The van der Waals surface area contributed by atoms with Crippen molar-refractivity contribution in [3.63, 3.8) is 0 Å². The fraction of sp³-hybridized carbons (Fsp3) is 0.750. The third-order valence-electron chi connectivity index (χ3n) is 13.2. The Morgan fingerprint density at radius 1 is 1.21 bits per heavy atom. The molecule has 288 valence electrons. The van der Waals surface area contributed by atoms with E-state index in [4.69, 9.17) is 20.9 Å². The third-order valence-corrected chi connectivity index (χ3v) is 13.2. The quantitative estimate of drug-likeness (QED) is 0.0292. The van der Waals surface area contributed by atoms with Crippen LogP contribution in [0.4, 0.5) is 0 Å². The van der Waals surface area contributed by atoms with Crippen LogP contribution >= 0.6 is 0 Å². The Bertz CT molecular complexity index is 1460. The average Bonchev–Trinajstić information content (AvgIpc) is 3.86. The average molecular weight is 726 g/mol. The van der Waals surface area contributed by atoms with Crippen molar-refractivity contribution in [1.29, 1.82) is 0 Å². The number of guanidine groups is 1. The molecular weight excluding hydrogens is 660 g/mol. The summed E-state index contributed by atoms with van der Waals surface area (Å²) in [5.41, 5.74) is 11.4. The summed E-state index contributed by atoms with van der Waals surface area (Å²) in [5.74, 6) is -0.902. The van der Waals surface area contributed by atoms with E-state index in [1.807, 2.05) is 13.0 Å². The van der Waals surface area contributed by atoms with Crippen molar-refractivity contribution < 1.29 is 44.6 Å². The van der Waals surface area contributed by atoms with E-state index < -0.39 is 35.1 Å². The van der Waals surface area contributed by atoms with Crippen molar-refractivity contribution in [1.82, 2.24) is 5.32 Å². The maximum Gasteiger partial charge on any atom is 0.350 e. The monoisotopic (exact) mass is 725 g/mol. The van der Waals surface area contributed by atoms with Gasteiger partial charge in [-0.15, -0.1) is 0 Å². The molecule has 6 aliphatic rings. The van der Waals surface area contributed by atoms with Crippen LogP contribution in [0.15, 0.2) is 35.5 Å². The molecule has 12 heteroatoms. The maximum atomic E-state index is 14.7. The smallest absolute Gasteiger partial charge is 0.350 e. The Labute approximate surface area is 309 Å². The molecule has 0 radical (unpaired) electrons. The molecule has 11 N–H and O–H groups in total. The number of epoxide rings is 1. The fourth-order valence-electron chi connectivity index (χ4n) is 10.3. The minimum atomic E-state index is -1.93. The number of quaternary nitrogens is 2. The number of carbonyl (C=O) groups is 3. The zero-order chi connectivity index (χ0) is 37.0. The van der Waals surface area contributed by atoms with Crippen LogP contribution in [-0.4, -0.2) is 90.9 Å². The number of likely N-dealkylation sites (N-methyl/N-ethyl adjacent to an activating group) is 1. The van der Waals surface area contributed by atoms with E-state index in [1.54, 1.807) is 7.05 Å². The summed E-state index contributed by atoms with van der Waals surface area (Å²) in [6.07, 6.45) is 17.8. The number of hydrogen-bond donors (Lipinski definition) is 7. The summed E-state index contributed by atoms with van der Waals surface area (Å²) in [7, 11) is 1.78. The molecule has 2 heterocycles. The van der Waals surface area contributed by atoms with Gasteiger partial charge in [0.2, 0.25) is 0 Å². The molecule has 4 aliphatic carbocycles. The number of Topliss-reactive ketones (excluding diaryl/α,β-unsaturated/α-hetero) is 2. The number of rotatable bonds is 14. The van der Waals surface area contributed by atoms with E-state index in [9.17, 15) is 19.5 Å². The van der Waals surface area contributed by atoms with E-state index >= 15 is 0 Å². The molecule has 2 saturated carbocycles. The van der Waals surface area contributed by atoms with Crippen molar-refractivity contribution >= 4 is 23.5 Å². The van der Waals surface area contributed by atoms with Crippen LogP contribution in [0.1, 0.15) is 97.3 Å². The number of fused-ring (bicyclic) bond motifs is 3. The first kappa shape index (κ1) is 38.8. The Hall–Kier alpha value is -2.90. The summed E-state index contributed by atoms with van der Waals surface area (Å²) in [6, 6.07) is 0.120. The second kappa shape index (κ2) is 16.6. The highest BCUT2D eigenvalue weighted by atomic mass is 16.7. The highest BCUT2D eigenvalue weighted by Crippen LogP contribution is 2.61. The first-order chi connectivity index (χ1) is 25.1. The lowest BCUT2D eigenvalue weighted by atomic mass is 9.61. The molecule has 2 saturated heterocycles. The van der Waals surface area contributed by atoms with Gasteiger partial charge >= 0.3 is 11.9 Å². The molecule has 0 bridgehead atoms. The van der Waals surface area contributed by atoms with E-state index in [0.717, 1.165) is 63.6 Å². The third kappa shape index (κ3) is 7.56. The van der Waals surface area contributed by atoms with Gasteiger partial charge < -0.3 is 25.2 Å². The Kier molecular flexibility index (Phi) is 12.4. The highest BCUT2D eigenvalue weighted by Gasteiger charge is 2.87. The van der Waals surface area contributed by atoms with Gasteiger partial charge in [-0.3, -0.25) is 31.4 Å². The van der Waals surface area contributed by atoms with Gasteiger partial charge in [0.15, 0.2) is 17.2 Å². The van der Waals surface area contributed by atoms with E-state index in [2.05, 4.69) is 46.1 Å². The molecule has 6 rings (SSSR count). The van der Waals surface area contributed by atoms with Gasteiger partial charge in [0.25, 0.3) is 5.60 Å². The summed E-state index contributed by atoms with van der Waals surface area (Å²) < 4.78 is 12.9. The zero-order valence-corrected chi connectivity index (χ0v) is 31.6. The number of ketones is 2. The number of piperidine rings is 1. The van der Waals surface area contributed by atoms with Crippen LogP contribution in [-0.2, 0) is 23.9 Å². The number of allylic oxidation sites excluding steroid dienone is 3. The lowest BCUT2D eigenvalue weighted by Gasteiger charge is -2.40. The van der Waals surface area contributed by atoms with Gasteiger partial charge in [-0.1, -0.05) is 36.6 Å². The van der Waals surface area contributed by atoms with Crippen molar-refractivity contribution in [2.75, 3.05) is 26.7 Å². The van der Waals surface area contributed by atoms with Crippen molar-refractivity contribution in [3.05, 3.63) is 35.5 Å². The molecule has 0 amide bonds. The number of carbonyl (C=O) groups excluding carboxylic acids is 3. The van der Waals surface area contributed by atoms with Crippen LogP contribution in [0.5, 0.6) is 0 Å². The van der Waals surface area contributed by atoms with Gasteiger partial charge in [-0.05, 0) is 76.4 Å². The molecule has 0 aromatic heterocycles. The van der Waals surface area contributed by atoms with Gasteiger partial charge in [-0.2, -0.15) is 0 Å². The van der Waals surface area contributed by atoms with Crippen LogP contribution in [0.3, 0.4) is 0 Å². The van der Waals surface area contributed by atoms with Gasteiger partial charge in [-0.25, -0.2) is 4.79 Å². The second-order valence-electron chi connectivity index (χ2n) is 16.5. The number of esters is 1. The van der Waals surface area contributed by atoms with Gasteiger partial charge in [0.1, 0.15) is 18.3 Å². The number of hydrogen-bond acceptors (Lipinski definition) is 7. The van der Waals surface area contributed by atoms with E-state index in [1.165, 1.54) is 5.57 Å². The lowest BCUT2D eigenvalue weighted by molar-refractivity contribution is -0.699. The molecule has 0 aromatic carbocycles. The van der Waals surface area contributed by atoms with Crippen LogP contribution in [0.25, 0.3) is 0 Å². The molecular formula is C40H65N6O6+3. The van der Waals surface area contributed by atoms with Crippen molar-refractivity contribution in [3.8, 4) is 0 Å². The Balaban J connectivity index is 1.27. The SMILES string of the molecule is CC[NH2+]C1C=C2C=CCCC2CC1C(CCCO)OC(=O)C12OC1(CC=C(C)CC(NC(N)=[NH+]C)C1CC[NH2+]C(N)C1)C(=O)C1CCCCC1C2=O. The topological polar surface area (TPSA) is 204 Å². The minimum absolute atomic E-state index is 0.0102. The van der Waals surface area contributed by atoms with Crippen molar-refractivity contribution in [2.24, 2.45) is 41.1 Å². The molecule has 4 fully saturated rings. The molecule has 52 heavy (non-hydrogen) atoms. The van der Waals surface area contributed by atoms with E-state index in [0.29, 0.717) is 49.9 Å². The first-order valence-corrected chi connectivity index (χ1v) is 20.2. The Morgan fingerprint density at radius 2 is 1.98 bits per heavy atom. The van der Waals surface area contributed by atoms with Crippen molar-refractivity contribution in [2.45, 2.75) is 133 Å². The predicted octanol–water partition coefficient (Wildman–Crippen LogP) is -1.03. The van der Waals surface area contributed by atoms with Crippen LogP contribution < -0.4 is 32.4 Å². The normalized spacial score (nSPS) is 37.2. The van der Waals surface area contributed by atoms with Crippen LogP contribution in [0, 0.1) is 29.6 Å². The second-order valence-corrected chi connectivity index (χ2v) is 16.5. The predicted molar refractivity (Wildman–Crippen MR) is 196 cm³/mol. The van der Waals surface area contributed by atoms with Crippen LogP contribution in [0.2, 0.25) is 0 Å². The number of nitrogens with one attached hydrogen (secondary N) is 2. The number of nitrogens with two attached hydrogens (primary N) is 4. The molecule has 2 aliphatic heterocycles. The van der Waals surface area contributed by atoms with Gasteiger partial charge in [0.05, 0.1) is 32.1 Å². The fourth-order valence-corrected chi connectivity index (χ4v) is 10.3.